The van der Waals surface area contributed by atoms with E-state index >= 15 is 0 Å². The minimum Gasteiger partial charge on any atom is -0.480 e. The molecule has 4 nitrogen and oxygen atoms in total. The Morgan fingerprint density at radius 1 is 1.53 bits per heavy atom. The van der Waals surface area contributed by atoms with Crippen molar-refractivity contribution in [3.63, 3.8) is 0 Å². The predicted octanol–water partition coefficient (Wildman–Crippen LogP) is 2.09. The first-order valence-corrected chi connectivity index (χ1v) is 5.76. The molecule has 84 valence electrons. The van der Waals surface area contributed by atoms with Crippen molar-refractivity contribution in [1.82, 2.24) is 9.97 Å². The highest BCUT2D eigenvalue weighted by atomic mass is 79.9. The summed E-state index contributed by atoms with van der Waals surface area (Å²) < 4.78 is 5.02. The van der Waals surface area contributed by atoms with Crippen LogP contribution in [0.4, 0.5) is 5.82 Å². The van der Waals surface area contributed by atoms with Crippen molar-refractivity contribution in [2.45, 2.75) is 18.2 Å². The molecule has 0 aliphatic carbocycles. The molecule has 0 saturated carbocycles. The van der Waals surface area contributed by atoms with Gasteiger partial charge in [0.2, 0.25) is 5.88 Å². The van der Waals surface area contributed by atoms with Crippen molar-refractivity contribution in [2.75, 3.05) is 25.6 Å². The number of nitrogens with zero attached hydrogens (tertiary/aromatic N) is 3. The fourth-order valence-corrected chi connectivity index (χ4v) is 1.31. The highest BCUT2D eigenvalue weighted by Crippen LogP contribution is 2.13. The second-order valence-electron chi connectivity index (χ2n) is 3.41. The standard InChI is InChI=1S/C10H16BrN3O/c1-8(11)4-5-14(2)9-6-12-7-10(13-9)15-3/h6-8H,4-5H2,1-3H3. The van der Waals surface area contributed by atoms with E-state index in [4.69, 9.17) is 4.74 Å². The Hall–Kier alpha value is -0.840. The molecule has 1 unspecified atom stereocenters. The molecule has 0 aliphatic rings. The number of anilines is 1. The first kappa shape index (κ1) is 12.2. The van der Waals surface area contributed by atoms with E-state index in [-0.39, 0.29) is 0 Å². The van der Waals surface area contributed by atoms with Gasteiger partial charge in [0.15, 0.2) is 5.82 Å². The summed E-state index contributed by atoms with van der Waals surface area (Å²) in [4.78, 5) is 10.9. The molecule has 1 heterocycles. The van der Waals surface area contributed by atoms with Gasteiger partial charge in [-0.1, -0.05) is 22.9 Å². The van der Waals surface area contributed by atoms with E-state index in [0.717, 1.165) is 18.8 Å². The van der Waals surface area contributed by atoms with Crippen molar-refractivity contribution in [3.05, 3.63) is 12.4 Å². The number of hydrogen-bond donors (Lipinski definition) is 0. The zero-order chi connectivity index (χ0) is 11.3. The molecule has 5 heteroatoms. The van der Waals surface area contributed by atoms with Crippen LogP contribution in [0.15, 0.2) is 12.4 Å². The van der Waals surface area contributed by atoms with Crippen molar-refractivity contribution < 1.29 is 4.74 Å². The lowest BCUT2D eigenvalue weighted by molar-refractivity contribution is 0.395. The smallest absolute Gasteiger partial charge is 0.233 e. The topological polar surface area (TPSA) is 38.2 Å². The van der Waals surface area contributed by atoms with Gasteiger partial charge in [-0.2, -0.15) is 4.98 Å². The second-order valence-corrected chi connectivity index (χ2v) is 4.97. The third-order valence-corrected chi connectivity index (χ3v) is 2.52. The van der Waals surface area contributed by atoms with Gasteiger partial charge in [-0.05, 0) is 6.42 Å². The van der Waals surface area contributed by atoms with E-state index in [1.54, 1.807) is 19.5 Å². The van der Waals surface area contributed by atoms with Gasteiger partial charge in [-0.3, -0.25) is 4.98 Å². The molecule has 0 bridgehead atoms. The molecule has 1 aromatic rings. The van der Waals surface area contributed by atoms with Crippen LogP contribution in [0.2, 0.25) is 0 Å². The van der Waals surface area contributed by atoms with Crippen LogP contribution in [0, 0.1) is 0 Å². The van der Waals surface area contributed by atoms with E-state index in [2.05, 4.69) is 37.7 Å². The maximum atomic E-state index is 5.02. The van der Waals surface area contributed by atoms with Crippen LogP contribution in [0.3, 0.4) is 0 Å². The molecule has 0 fully saturated rings. The van der Waals surface area contributed by atoms with Gasteiger partial charge in [0.25, 0.3) is 0 Å². The largest absolute Gasteiger partial charge is 0.480 e. The van der Waals surface area contributed by atoms with E-state index in [1.165, 1.54) is 0 Å². The Labute approximate surface area is 98.8 Å². The Bertz CT molecular complexity index is 306. The molecule has 0 radical (unpaired) electrons. The van der Waals surface area contributed by atoms with Gasteiger partial charge in [0.1, 0.15) is 0 Å². The molecular formula is C10H16BrN3O. The van der Waals surface area contributed by atoms with Gasteiger partial charge in [-0.25, -0.2) is 0 Å². The first-order chi connectivity index (χ1) is 7.13. The highest BCUT2D eigenvalue weighted by Gasteiger charge is 2.05. The number of aromatic nitrogens is 2. The minimum absolute atomic E-state index is 0.513. The summed E-state index contributed by atoms with van der Waals surface area (Å²) in [6.45, 7) is 3.07. The van der Waals surface area contributed by atoms with Crippen LogP contribution in [-0.4, -0.2) is 35.5 Å². The Kier molecular flexibility index (Phi) is 4.81. The zero-order valence-corrected chi connectivity index (χ0v) is 10.9. The first-order valence-electron chi connectivity index (χ1n) is 4.84. The minimum atomic E-state index is 0.513. The molecule has 0 aromatic carbocycles. The number of methoxy groups -OCH3 is 1. The molecule has 1 aromatic heterocycles. The average molecular weight is 274 g/mol. The number of alkyl halides is 1. The molecule has 1 rings (SSSR count). The van der Waals surface area contributed by atoms with Crippen molar-refractivity contribution in [2.24, 2.45) is 0 Å². The lowest BCUT2D eigenvalue weighted by Gasteiger charge is -2.18. The molecular weight excluding hydrogens is 258 g/mol. The van der Waals surface area contributed by atoms with E-state index < -0.39 is 0 Å². The van der Waals surface area contributed by atoms with E-state index in [1.807, 2.05) is 7.05 Å². The van der Waals surface area contributed by atoms with Crippen molar-refractivity contribution in [3.8, 4) is 5.88 Å². The van der Waals surface area contributed by atoms with Crippen LogP contribution in [0.1, 0.15) is 13.3 Å². The number of hydrogen-bond acceptors (Lipinski definition) is 4. The molecule has 1 atom stereocenters. The summed E-state index contributed by atoms with van der Waals surface area (Å²) in [6, 6.07) is 0. The van der Waals surface area contributed by atoms with Gasteiger partial charge in [0.05, 0.1) is 19.5 Å². The van der Waals surface area contributed by atoms with Gasteiger partial charge in [-0.15, -0.1) is 0 Å². The van der Waals surface area contributed by atoms with Crippen molar-refractivity contribution >= 4 is 21.7 Å². The quantitative estimate of drug-likeness (QED) is 0.771. The van der Waals surface area contributed by atoms with Gasteiger partial charge >= 0.3 is 0 Å². The maximum absolute atomic E-state index is 5.02. The Balaban J connectivity index is 2.60. The molecule has 0 saturated heterocycles. The summed E-state index contributed by atoms with van der Waals surface area (Å²) in [7, 11) is 3.59. The predicted molar refractivity (Wildman–Crippen MR) is 64.9 cm³/mol. The average Bonchev–Trinajstić information content (AvgIpc) is 2.26. The monoisotopic (exact) mass is 273 g/mol. The lowest BCUT2D eigenvalue weighted by Crippen LogP contribution is -2.21. The van der Waals surface area contributed by atoms with Gasteiger partial charge in [0, 0.05) is 18.4 Å². The SMILES string of the molecule is COc1cncc(N(C)CCC(C)Br)n1. The normalized spacial score (nSPS) is 12.3. The van der Waals surface area contributed by atoms with E-state index in [9.17, 15) is 0 Å². The summed E-state index contributed by atoms with van der Waals surface area (Å²) >= 11 is 3.52. The van der Waals surface area contributed by atoms with Crippen LogP contribution >= 0.6 is 15.9 Å². The number of ether oxygens (including phenoxy) is 1. The second kappa shape index (κ2) is 5.90. The lowest BCUT2D eigenvalue weighted by atomic mass is 10.3. The molecule has 0 spiro atoms. The van der Waals surface area contributed by atoms with Gasteiger partial charge < -0.3 is 9.64 Å². The number of halogens is 1. The third kappa shape index (κ3) is 4.03. The zero-order valence-electron chi connectivity index (χ0n) is 9.27. The third-order valence-electron chi connectivity index (χ3n) is 2.06. The summed E-state index contributed by atoms with van der Waals surface area (Å²) in [5, 5.41) is 0. The maximum Gasteiger partial charge on any atom is 0.233 e. The van der Waals surface area contributed by atoms with Crippen molar-refractivity contribution in [1.29, 1.82) is 0 Å². The fraction of sp³-hybridized carbons (Fsp3) is 0.600. The highest BCUT2D eigenvalue weighted by molar-refractivity contribution is 9.09. The molecule has 0 N–H and O–H groups in total. The molecule has 0 amide bonds. The fourth-order valence-electron chi connectivity index (χ4n) is 1.11. The summed E-state index contributed by atoms with van der Waals surface area (Å²) in [5.41, 5.74) is 0. The molecule has 0 aliphatic heterocycles. The van der Waals surface area contributed by atoms with Crippen LogP contribution in [-0.2, 0) is 0 Å². The number of rotatable bonds is 5. The van der Waals surface area contributed by atoms with Crippen LogP contribution < -0.4 is 9.64 Å². The molecule has 15 heavy (non-hydrogen) atoms. The summed E-state index contributed by atoms with van der Waals surface area (Å²) in [6.07, 6.45) is 4.40. The van der Waals surface area contributed by atoms with Crippen LogP contribution in [0.25, 0.3) is 0 Å². The van der Waals surface area contributed by atoms with Crippen LogP contribution in [0.5, 0.6) is 5.88 Å². The Morgan fingerprint density at radius 3 is 2.87 bits per heavy atom. The summed E-state index contributed by atoms with van der Waals surface area (Å²) in [5.74, 6) is 1.38. The van der Waals surface area contributed by atoms with E-state index in [0.29, 0.717) is 10.7 Å². The Morgan fingerprint density at radius 2 is 2.27 bits per heavy atom.